The number of nitrogens with one attached hydrogen (secondary N) is 1. The second-order valence-corrected chi connectivity index (χ2v) is 8.37. The van der Waals surface area contributed by atoms with Crippen molar-refractivity contribution >= 4 is 27.7 Å². The van der Waals surface area contributed by atoms with Gasteiger partial charge in [0.2, 0.25) is 0 Å². The van der Waals surface area contributed by atoms with Crippen molar-refractivity contribution in [3.63, 3.8) is 0 Å². The number of fused-ring (bicyclic) bond motifs is 2. The molecule has 2 fully saturated rings. The van der Waals surface area contributed by atoms with Crippen molar-refractivity contribution < 1.29 is 14.3 Å². The van der Waals surface area contributed by atoms with Gasteiger partial charge in [0.15, 0.2) is 11.4 Å². The van der Waals surface area contributed by atoms with Crippen LogP contribution in [0.1, 0.15) is 51.1 Å². The molecule has 0 amide bonds. The van der Waals surface area contributed by atoms with Crippen LogP contribution < -0.4 is 5.32 Å². The fourth-order valence-corrected chi connectivity index (χ4v) is 4.67. The van der Waals surface area contributed by atoms with E-state index in [2.05, 4.69) is 21.2 Å². The molecule has 0 bridgehead atoms. The molecule has 1 spiro atoms. The largest absolute Gasteiger partial charge is 0.449 e. The van der Waals surface area contributed by atoms with Gasteiger partial charge in [-0.05, 0) is 37.1 Å². The SMILES string of the molecule is O=C1OC2(CCNC2)c2cccc(C(=O)C3(c4ccc(Br)cc4)CC3)c21. The maximum atomic E-state index is 13.5. The van der Waals surface area contributed by atoms with Gasteiger partial charge in [-0.2, -0.15) is 0 Å². The molecule has 2 aromatic rings. The number of benzene rings is 2. The molecule has 3 aliphatic rings. The van der Waals surface area contributed by atoms with E-state index < -0.39 is 11.0 Å². The standard InChI is InChI=1S/C21H18BrNO3/c22-14-6-4-13(5-7-14)20(8-9-20)18(24)15-2-1-3-16-17(15)19(25)26-21(16)10-11-23-12-21/h1-7,23H,8-12H2. The molecule has 1 unspecified atom stereocenters. The van der Waals surface area contributed by atoms with E-state index in [0.29, 0.717) is 17.7 Å². The van der Waals surface area contributed by atoms with Gasteiger partial charge < -0.3 is 10.1 Å². The Morgan fingerprint density at radius 1 is 1.08 bits per heavy atom. The summed E-state index contributed by atoms with van der Waals surface area (Å²) in [4.78, 5) is 26.2. The Bertz CT molecular complexity index is 925. The molecule has 2 heterocycles. The first-order valence-corrected chi connectivity index (χ1v) is 9.74. The number of rotatable bonds is 3. The minimum atomic E-state index is -0.600. The minimum absolute atomic E-state index is 0.0385. The monoisotopic (exact) mass is 411 g/mol. The molecule has 0 aromatic heterocycles. The average molecular weight is 412 g/mol. The Hall–Kier alpha value is -1.98. The second-order valence-electron chi connectivity index (χ2n) is 7.46. The summed E-state index contributed by atoms with van der Waals surface area (Å²) >= 11 is 3.45. The summed E-state index contributed by atoms with van der Waals surface area (Å²) in [7, 11) is 0. The van der Waals surface area contributed by atoms with Crippen molar-refractivity contribution in [2.45, 2.75) is 30.3 Å². The summed E-state index contributed by atoms with van der Waals surface area (Å²) in [5, 5.41) is 3.27. The predicted octanol–water partition coefficient (Wildman–Crippen LogP) is 3.72. The summed E-state index contributed by atoms with van der Waals surface area (Å²) < 4.78 is 6.76. The molecule has 1 aliphatic carbocycles. The van der Waals surface area contributed by atoms with Crippen LogP contribution in [0.25, 0.3) is 0 Å². The molecule has 1 saturated carbocycles. The van der Waals surface area contributed by atoms with Crippen LogP contribution in [0.3, 0.4) is 0 Å². The highest BCUT2D eigenvalue weighted by Crippen LogP contribution is 2.52. The van der Waals surface area contributed by atoms with E-state index in [4.69, 9.17) is 4.74 Å². The smallest absolute Gasteiger partial charge is 0.340 e. The molecule has 2 aromatic carbocycles. The molecule has 26 heavy (non-hydrogen) atoms. The predicted molar refractivity (Wildman–Crippen MR) is 100 cm³/mol. The summed E-state index contributed by atoms with van der Waals surface area (Å²) in [6.07, 6.45) is 2.39. The zero-order valence-electron chi connectivity index (χ0n) is 14.2. The number of esters is 1. The molecule has 5 heteroatoms. The van der Waals surface area contributed by atoms with Gasteiger partial charge in [0.1, 0.15) is 0 Å². The third kappa shape index (κ3) is 2.17. The fraction of sp³-hybridized carbons (Fsp3) is 0.333. The maximum Gasteiger partial charge on any atom is 0.340 e. The molecule has 1 N–H and O–H groups in total. The molecule has 0 radical (unpaired) electrons. The van der Waals surface area contributed by atoms with Crippen LogP contribution in [0.15, 0.2) is 46.9 Å². The molecule has 132 valence electrons. The fourth-order valence-electron chi connectivity index (χ4n) is 4.41. The lowest BCUT2D eigenvalue weighted by Crippen LogP contribution is -2.28. The van der Waals surface area contributed by atoms with E-state index in [1.54, 1.807) is 6.07 Å². The summed E-state index contributed by atoms with van der Waals surface area (Å²) in [6, 6.07) is 13.5. The van der Waals surface area contributed by atoms with E-state index in [-0.39, 0.29) is 11.8 Å². The third-order valence-electron chi connectivity index (χ3n) is 5.99. The highest BCUT2D eigenvalue weighted by Gasteiger charge is 2.54. The number of ketones is 1. The first-order valence-electron chi connectivity index (χ1n) is 8.94. The Labute approximate surface area is 160 Å². The number of hydrogen-bond donors (Lipinski definition) is 1. The van der Waals surface area contributed by atoms with Crippen LogP contribution in [-0.2, 0) is 15.8 Å². The zero-order valence-corrected chi connectivity index (χ0v) is 15.8. The Kier molecular flexibility index (Phi) is 3.43. The van der Waals surface area contributed by atoms with Gasteiger partial charge >= 0.3 is 5.97 Å². The van der Waals surface area contributed by atoms with Gasteiger partial charge in [-0.3, -0.25) is 4.79 Å². The minimum Gasteiger partial charge on any atom is -0.449 e. The van der Waals surface area contributed by atoms with Crippen LogP contribution in [0.5, 0.6) is 0 Å². The van der Waals surface area contributed by atoms with E-state index in [9.17, 15) is 9.59 Å². The van der Waals surface area contributed by atoms with E-state index in [1.807, 2.05) is 36.4 Å². The Morgan fingerprint density at radius 2 is 1.85 bits per heavy atom. The molecule has 5 rings (SSSR count). The summed E-state index contributed by atoms with van der Waals surface area (Å²) in [6.45, 7) is 1.43. The van der Waals surface area contributed by atoms with Gasteiger partial charge in [0, 0.05) is 28.6 Å². The number of ether oxygens (including phenoxy) is 1. The number of halogens is 1. The first-order chi connectivity index (χ1) is 12.6. The average Bonchev–Trinajstić information content (AvgIpc) is 3.25. The van der Waals surface area contributed by atoms with Gasteiger partial charge in [-0.25, -0.2) is 4.79 Å². The first kappa shape index (κ1) is 16.2. The Balaban J connectivity index is 1.60. The van der Waals surface area contributed by atoms with Crippen LogP contribution >= 0.6 is 15.9 Å². The van der Waals surface area contributed by atoms with E-state index >= 15 is 0 Å². The van der Waals surface area contributed by atoms with Crippen molar-refractivity contribution in [2.24, 2.45) is 0 Å². The normalized spacial score (nSPS) is 25.2. The van der Waals surface area contributed by atoms with Crippen molar-refractivity contribution in [2.75, 3.05) is 13.1 Å². The van der Waals surface area contributed by atoms with E-state index in [0.717, 1.165) is 41.4 Å². The molecule has 4 nitrogen and oxygen atoms in total. The van der Waals surface area contributed by atoms with Crippen LogP contribution in [0.4, 0.5) is 0 Å². The van der Waals surface area contributed by atoms with Crippen LogP contribution in [-0.4, -0.2) is 24.8 Å². The molecule has 2 aliphatic heterocycles. The highest BCUT2D eigenvalue weighted by atomic mass is 79.9. The number of carbonyl (C=O) groups is 2. The van der Waals surface area contributed by atoms with Gasteiger partial charge in [0.05, 0.1) is 11.0 Å². The Morgan fingerprint density at radius 3 is 2.50 bits per heavy atom. The van der Waals surface area contributed by atoms with Crippen molar-refractivity contribution in [1.29, 1.82) is 0 Å². The van der Waals surface area contributed by atoms with Crippen LogP contribution in [0, 0.1) is 0 Å². The van der Waals surface area contributed by atoms with Gasteiger partial charge in [-0.1, -0.05) is 46.3 Å². The number of carbonyl (C=O) groups excluding carboxylic acids is 2. The lowest BCUT2D eigenvalue weighted by atomic mass is 9.82. The van der Waals surface area contributed by atoms with Crippen molar-refractivity contribution in [1.82, 2.24) is 5.32 Å². The van der Waals surface area contributed by atoms with Crippen LogP contribution in [0.2, 0.25) is 0 Å². The van der Waals surface area contributed by atoms with Crippen molar-refractivity contribution in [3.8, 4) is 0 Å². The number of hydrogen-bond acceptors (Lipinski definition) is 4. The number of Topliss-reactive ketones (excluding diaryl/α,β-unsaturated/α-hetero) is 1. The zero-order chi connectivity index (χ0) is 17.9. The molecular formula is C21H18BrNO3. The second kappa shape index (κ2) is 5.51. The van der Waals surface area contributed by atoms with Gasteiger partial charge in [0.25, 0.3) is 0 Å². The summed E-state index contributed by atoms with van der Waals surface area (Å²) in [5.74, 6) is -0.323. The highest BCUT2D eigenvalue weighted by molar-refractivity contribution is 9.10. The lowest BCUT2D eigenvalue weighted by Gasteiger charge is -2.22. The molecular weight excluding hydrogens is 394 g/mol. The van der Waals surface area contributed by atoms with Gasteiger partial charge in [-0.15, -0.1) is 0 Å². The summed E-state index contributed by atoms with van der Waals surface area (Å²) in [5.41, 5.74) is 1.77. The van der Waals surface area contributed by atoms with Crippen molar-refractivity contribution in [3.05, 3.63) is 69.2 Å². The van der Waals surface area contributed by atoms with E-state index in [1.165, 1.54) is 0 Å². The topological polar surface area (TPSA) is 55.4 Å². The lowest BCUT2D eigenvalue weighted by molar-refractivity contribution is 0.00158. The quantitative estimate of drug-likeness (QED) is 0.617. The maximum absolute atomic E-state index is 13.5. The molecule has 1 saturated heterocycles. The molecule has 1 atom stereocenters. The third-order valence-corrected chi connectivity index (χ3v) is 6.52.